The normalized spacial score (nSPS) is 11.2. The molecule has 0 saturated heterocycles. The monoisotopic (exact) mass is 2320 g/mol. The van der Waals surface area contributed by atoms with Gasteiger partial charge in [-0.2, -0.15) is 56.8 Å². The van der Waals surface area contributed by atoms with Gasteiger partial charge in [-0.3, -0.25) is 9.18 Å². The van der Waals surface area contributed by atoms with Gasteiger partial charge in [0.05, 0.1) is 107 Å². The molecule has 16 nitrogen and oxygen atoms in total. The molecule has 24 rings (SSSR count). The molecular weight excluding hydrogens is 2270 g/mol. The number of hydrogen-bond donors (Lipinski definition) is 2. The SMILES string of the molecule is Brc1ccc(-c2ccc(-c3ccc(Br)s3)c3nsnc23)s1.COc1ccc(-c2ccc(-c3ccc(-c4ccc(-c5ccc(C=O)s5)s4)c4nsnc34)s2)s1.COc1ccc(B(O)O)s1.N#CCc1cccs1.[2H]CF.[C-]#[N+]/C(=C\c1ccc(-c2ccc(-c3ccc(-c4ccc(-c5ccc(/C=C(\C#N)c6cccs6)s5)s4)c4nsnc34)s2)s1)c1cccs1.c1csc(-c2ccc(-c3cccs3)c3nsnc23)c1. The number of aldehydes is 1. The van der Waals surface area contributed by atoms with Crippen LogP contribution in [0, 0.1) is 29.2 Å². The smallest absolute Gasteiger partial charge is 0.487 e. The second-order valence-corrected chi connectivity index (χ2v) is 50.4. The Morgan fingerprint density at radius 3 is 1.03 bits per heavy atom. The van der Waals surface area contributed by atoms with Gasteiger partial charge in [-0.15, -0.1) is 159 Å². The zero-order valence-corrected chi connectivity index (χ0v) is 91.5. The van der Waals surface area contributed by atoms with E-state index in [4.69, 9.17) is 41.5 Å². The van der Waals surface area contributed by atoms with Crippen molar-refractivity contribution >= 4 is 346 Å². The molecule has 0 saturated carbocycles. The first-order valence-corrected chi connectivity index (χ1v) is 59.0. The van der Waals surface area contributed by atoms with E-state index in [0.29, 0.717) is 27.5 Å². The number of ether oxygens (including phenoxy) is 2. The fourth-order valence-corrected chi connectivity index (χ4v) is 31.4. The number of nitriles is 2. The number of nitrogens with zero attached hydrogens (tertiary/aromatic N) is 11. The van der Waals surface area contributed by atoms with Gasteiger partial charge in [-0.25, -0.2) is 4.85 Å². The lowest BCUT2D eigenvalue weighted by molar-refractivity contribution is 0.112. The summed E-state index contributed by atoms with van der Waals surface area (Å²) in [6.07, 6.45) is 5.40. The maximum Gasteiger partial charge on any atom is 0.499 e. The van der Waals surface area contributed by atoms with Crippen LogP contribution in [0.15, 0.2) is 277 Å². The summed E-state index contributed by atoms with van der Waals surface area (Å²) < 4.78 is 65.2. The molecular formula is C100H61BBr2FN11O5S20. The maximum atomic E-state index is 11.0. The first kappa shape index (κ1) is 98.2. The molecule has 20 heterocycles. The summed E-state index contributed by atoms with van der Waals surface area (Å²) in [5.74, 6) is 0. The van der Waals surface area contributed by atoms with Gasteiger partial charge in [0.1, 0.15) is 50.2 Å². The fraction of sp³-hybridized carbons (Fsp3) is 0.0400. The summed E-state index contributed by atoms with van der Waals surface area (Å²) >= 11 is 38.5. The van der Waals surface area contributed by atoms with Crippen molar-refractivity contribution in [2.75, 3.05) is 21.4 Å². The van der Waals surface area contributed by atoms with E-state index in [2.05, 4.69) is 262 Å². The molecule has 40 heteroatoms. The van der Waals surface area contributed by atoms with E-state index in [9.17, 15) is 14.4 Å². The predicted octanol–water partition coefficient (Wildman–Crippen LogP) is 35.3. The summed E-state index contributed by atoms with van der Waals surface area (Å²) in [6, 6.07) is 87.2. The average molecular weight is 2330 g/mol. The number of hydrogen-bond acceptors (Lipinski definition) is 35. The molecule has 2 N–H and O–H groups in total. The number of carbonyl (C=O) groups is 1. The molecule has 0 unspecified atom stereocenters. The second kappa shape index (κ2) is 47.6. The van der Waals surface area contributed by atoms with Crippen molar-refractivity contribution in [3.8, 4) is 145 Å². The molecule has 0 fully saturated rings. The second-order valence-electron chi connectivity index (χ2n) is 28.8. The van der Waals surface area contributed by atoms with Crippen LogP contribution in [0.2, 0.25) is 0 Å². The number of aromatic nitrogens is 8. The van der Waals surface area contributed by atoms with Gasteiger partial charge in [0, 0.05) is 152 Å². The Morgan fingerprint density at radius 2 is 0.707 bits per heavy atom. The number of allylic oxidation sites excluding steroid dienone is 1. The third kappa shape index (κ3) is 23.2. The molecule has 0 aliphatic heterocycles. The molecule has 0 radical (unpaired) electrons. The highest BCUT2D eigenvalue weighted by atomic mass is 79.9. The molecule has 140 heavy (non-hydrogen) atoms. The zero-order valence-electron chi connectivity index (χ0n) is 73.0. The highest BCUT2D eigenvalue weighted by Gasteiger charge is 2.24. The van der Waals surface area contributed by atoms with Gasteiger partial charge in [-0.1, -0.05) is 96.3 Å². The lowest BCUT2D eigenvalue weighted by Crippen LogP contribution is -2.26. The van der Waals surface area contributed by atoms with E-state index in [1.807, 2.05) is 82.9 Å². The van der Waals surface area contributed by atoms with E-state index in [1.165, 1.54) is 134 Å². The third-order valence-electron chi connectivity index (χ3n) is 20.4. The van der Waals surface area contributed by atoms with Gasteiger partial charge in [-0.05, 0) is 229 Å². The zero-order chi connectivity index (χ0) is 97.2. The molecule has 0 bridgehead atoms. The first-order chi connectivity index (χ1) is 69.1. The minimum absolute atomic E-state index is 0.497. The van der Waals surface area contributed by atoms with Gasteiger partial charge < -0.3 is 19.5 Å². The Labute approximate surface area is 901 Å². The Balaban J connectivity index is 0.000000121. The Bertz CT molecular complexity index is 8210. The van der Waals surface area contributed by atoms with Gasteiger partial charge in [0.2, 0.25) is 5.70 Å². The van der Waals surface area contributed by atoms with Crippen LogP contribution in [-0.2, 0) is 6.42 Å². The van der Waals surface area contributed by atoms with Crippen LogP contribution in [0.3, 0.4) is 0 Å². The van der Waals surface area contributed by atoms with E-state index < -0.39 is 14.3 Å². The number of alkyl halides is 1. The molecule has 0 amide bonds. The standard InChI is InChI=1S/C36H18N4S7.C24H14N2O2S5.C14H6Br2N2S3.C14H8N2S3.C6H5NS.C5H7BO3S.CH3F/c1-38-26(30-5-3-17-42-30)19-23-7-11-32(44-23)34-15-13-29(46-34)25-9-8-24(35-36(25)40-47-39-35)28-12-14-33(45-28)31-10-6-22(43-31)18-21(20-37)27-4-2-16-41-27;1-28-22-11-10-21(32-22)20-9-7-17(31-20)15-4-3-14(23-24(15)26-33-25-23)16-6-8-19(30-16)18-5-2-13(12-27)29-18;15-11-5-3-9(19-11)7-1-2-8(10-4-6-12(16)20-10)14-13(7)17-21-18-14;1-3-11(17-7-1)9-5-6-10(12-4-2-8-18-12)14-13(9)15-19-16-14;7-4-3-6-2-1-5-8-6;1-9-5-3-2-4(10-5)6(7)8;1-2/h2-19H;2-12H,1H3;1-6H;1-8H;1-2,5H,3H2;2-3,7-8H,1H3;1H3/b21-18+,26-19-;;;;;;/i;;;;;;1D. The van der Waals surface area contributed by atoms with Crippen molar-refractivity contribution in [3.63, 3.8) is 0 Å². The summed E-state index contributed by atoms with van der Waals surface area (Å²) in [5.41, 5.74) is 18.1. The van der Waals surface area contributed by atoms with Gasteiger partial charge in [0.25, 0.3) is 0 Å². The minimum atomic E-state index is -1.38. The van der Waals surface area contributed by atoms with Crippen LogP contribution < -0.4 is 14.3 Å². The molecule has 0 atom stereocenters. The van der Waals surface area contributed by atoms with Crippen LogP contribution in [0.4, 0.5) is 4.39 Å². The highest BCUT2D eigenvalue weighted by Crippen LogP contribution is 2.50. The van der Waals surface area contributed by atoms with Crippen molar-refractivity contribution in [1.29, 1.82) is 10.5 Å². The Kier molecular flexibility index (Phi) is 33.4. The molecule has 690 valence electrons. The Morgan fingerprint density at radius 1 is 0.386 bits per heavy atom. The van der Waals surface area contributed by atoms with Crippen molar-refractivity contribution in [2.45, 2.75) is 6.42 Å². The Hall–Kier alpha value is -10.5. The number of benzene rings is 4. The molecule has 0 aliphatic rings. The van der Waals surface area contributed by atoms with Crippen LogP contribution in [-0.4, -0.2) is 79.8 Å². The van der Waals surface area contributed by atoms with Crippen LogP contribution in [0.1, 0.15) is 35.4 Å². The summed E-state index contributed by atoms with van der Waals surface area (Å²) in [6.45, 7) is 7.62. The predicted molar refractivity (Wildman–Crippen MR) is 615 cm³/mol. The number of halogens is 3. The van der Waals surface area contributed by atoms with E-state index in [1.54, 1.807) is 185 Å². The molecule has 0 spiro atoms. The van der Waals surface area contributed by atoms with Gasteiger partial charge >= 0.3 is 7.12 Å². The van der Waals surface area contributed by atoms with E-state index >= 15 is 0 Å². The first-order valence-electron chi connectivity index (χ1n) is 41.8. The summed E-state index contributed by atoms with van der Waals surface area (Å²) in [5, 5.41) is 46.9. The van der Waals surface area contributed by atoms with Crippen LogP contribution in [0.25, 0.3) is 195 Å². The maximum absolute atomic E-state index is 11.0. The quantitative estimate of drug-likeness (QED) is 0.0295. The number of methoxy groups -OCH3 is 2. The van der Waals surface area contributed by atoms with E-state index in [0.717, 1.165) is 150 Å². The lowest BCUT2D eigenvalue weighted by atomic mass is 9.90. The van der Waals surface area contributed by atoms with Crippen molar-refractivity contribution in [3.05, 3.63) is 318 Å². The minimum Gasteiger partial charge on any atom is -0.487 e. The van der Waals surface area contributed by atoms with Crippen molar-refractivity contribution < 1.29 is 30.1 Å². The average Bonchev–Trinajstić information content (AvgIpc) is 1.67. The summed E-state index contributed by atoms with van der Waals surface area (Å²) in [4.78, 5) is 39.7. The number of fused-ring (bicyclic) bond motifs is 4. The molecule has 20 aromatic heterocycles. The van der Waals surface area contributed by atoms with Crippen molar-refractivity contribution in [1.82, 2.24) is 35.0 Å². The summed E-state index contributed by atoms with van der Waals surface area (Å²) in [7, 11) is 0.857. The highest BCUT2D eigenvalue weighted by molar-refractivity contribution is 9.11. The topological polar surface area (TPSA) is 231 Å². The third-order valence-corrected chi connectivity index (χ3v) is 40.8. The molecule has 4 aromatic carbocycles. The van der Waals surface area contributed by atoms with E-state index in [-0.39, 0.29) is 0 Å². The van der Waals surface area contributed by atoms with Crippen molar-refractivity contribution in [2.24, 2.45) is 0 Å². The lowest BCUT2D eigenvalue weighted by Gasteiger charge is -2.03. The largest absolute Gasteiger partial charge is 0.499 e. The number of carbonyl (C=O) groups excluding carboxylic acids is 1. The fourth-order valence-electron chi connectivity index (χ4n) is 14.1. The molecule has 24 aromatic rings. The molecule has 0 aliphatic carbocycles. The number of rotatable bonds is 21. The van der Waals surface area contributed by atoms with Crippen LogP contribution >= 0.6 is 260 Å². The van der Waals surface area contributed by atoms with Gasteiger partial charge in [0.15, 0.2) is 16.4 Å². The number of thiophene rings is 16. The van der Waals surface area contributed by atoms with Crippen LogP contribution in [0.5, 0.6) is 10.1 Å².